The average Bonchev–Trinajstić information content (AvgIpc) is 3.66. The number of aromatic amines is 1. The smallest absolute Gasteiger partial charge is 0.326 e. The molecule has 3 aromatic rings. The van der Waals surface area contributed by atoms with Crippen LogP contribution in [0.2, 0.25) is 0 Å². The average molecular weight is 563 g/mol. The summed E-state index contributed by atoms with van der Waals surface area (Å²) in [5.41, 5.74) is 8.20. The molecule has 12 nitrogen and oxygen atoms in total. The second-order valence-corrected chi connectivity index (χ2v) is 10.1. The number of nitrogens with zero attached hydrogens (tertiary/aromatic N) is 2. The lowest BCUT2D eigenvalue weighted by Crippen LogP contribution is -2.58. The van der Waals surface area contributed by atoms with Crippen LogP contribution in [0.3, 0.4) is 0 Å². The summed E-state index contributed by atoms with van der Waals surface area (Å²) in [4.78, 5) is 60.3. The molecule has 4 unspecified atom stereocenters. The molecule has 0 bridgehead atoms. The molecule has 1 saturated heterocycles. The highest BCUT2D eigenvalue weighted by Crippen LogP contribution is 2.20. The zero-order valence-electron chi connectivity index (χ0n) is 22.4. The Kier molecular flexibility index (Phi) is 9.69. The first-order valence-corrected chi connectivity index (χ1v) is 13.4. The van der Waals surface area contributed by atoms with Crippen molar-refractivity contribution in [2.75, 3.05) is 6.54 Å². The number of carboxylic acids is 1. The highest BCUT2D eigenvalue weighted by atomic mass is 16.4. The number of nitrogens with one attached hydrogen (secondary N) is 3. The van der Waals surface area contributed by atoms with E-state index in [1.165, 1.54) is 23.4 Å². The number of imidazole rings is 1. The highest BCUT2D eigenvalue weighted by Gasteiger charge is 2.38. The molecule has 12 heteroatoms. The molecule has 1 aliphatic heterocycles. The number of carbonyl (C=O) groups excluding carboxylic acids is 3. The number of carbonyl (C=O) groups is 4. The van der Waals surface area contributed by atoms with Gasteiger partial charge >= 0.3 is 5.97 Å². The number of hydrogen-bond acceptors (Lipinski definition) is 7. The van der Waals surface area contributed by atoms with Gasteiger partial charge in [0.1, 0.15) is 23.9 Å². The summed E-state index contributed by atoms with van der Waals surface area (Å²) in [6.07, 6.45) is 4.26. The van der Waals surface area contributed by atoms with Gasteiger partial charge in [-0.3, -0.25) is 14.4 Å². The Balaban J connectivity index is 1.56. The van der Waals surface area contributed by atoms with Crippen LogP contribution in [0, 0.1) is 0 Å². The van der Waals surface area contributed by atoms with Crippen molar-refractivity contribution < 1.29 is 29.4 Å². The molecule has 41 heavy (non-hydrogen) atoms. The maximum Gasteiger partial charge on any atom is 0.326 e. The zero-order valence-corrected chi connectivity index (χ0v) is 22.4. The Labute approximate surface area is 237 Å². The number of carboxylic acid groups (broad SMARTS) is 1. The number of benzene rings is 2. The summed E-state index contributed by atoms with van der Waals surface area (Å²) >= 11 is 0. The molecule has 0 aliphatic carbocycles. The van der Waals surface area contributed by atoms with E-state index in [9.17, 15) is 29.4 Å². The molecule has 216 valence electrons. The van der Waals surface area contributed by atoms with E-state index in [-0.39, 0.29) is 31.6 Å². The van der Waals surface area contributed by atoms with Crippen molar-refractivity contribution >= 4 is 23.7 Å². The van der Waals surface area contributed by atoms with E-state index >= 15 is 0 Å². The zero-order chi connectivity index (χ0) is 29.4. The number of aliphatic carboxylic acids is 1. The molecule has 4 atom stereocenters. The Morgan fingerprint density at radius 3 is 2.27 bits per heavy atom. The van der Waals surface area contributed by atoms with Gasteiger partial charge in [-0.1, -0.05) is 42.5 Å². The van der Waals surface area contributed by atoms with Crippen molar-refractivity contribution in [1.29, 1.82) is 0 Å². The van der Waals surface area contributed by atoms with E-state index in [0.717, 1.165) is 5.56 Å². The van der Waals surface area contributed by atoms with Gasteiger partial charge in [0.15, 0.2) is 0 Å². The SMILES string of the molecule is NC(Cc1cnc[nH]1)C(=O)NC(Cc1ccccc1)C(=O)NC(Cc1ccc(O)cc1)C(=O)N1CCCC1C(=O)O. The fourth-order valence-electron chi connectivity index (χ4n) is 4.89. The molecule has 2 aromatic carbocycles. The van der Waals surface area contributed by atoms with Gasteiger partial charge in [-0.25, -0.2) is 9.78 Å². The van der Waals surface area contributed by atoms with Gasteiger partial charge in [-0.05, 0) is 36.1 Å². The van der Waals surface area contributed by atoms with Crippen LogP contribution >= 0.6 is 0 Å². The van der Waals surface area contributed by atoms with E-state index in [1.807, 2.05) is 30.3 Å². The Bertz CT molecular complexity index is 1330. The molecule has 0 radical (unpaired) electrons. The molecule has 3 amide bonds. The third-order valence-electron chi connectivity index (χ3n) is 7.06. The topological polar surface area (TPSA) is 191 Å². The van der Waals surface area contributed by atoms with E-state index in [4.69, 9.17) is 5.73 Å². The standard InChI is InChI=1S/C29H34N6O6/c30-22(15-20-16-31-17-32-20)26(37)33-23(13-18-5-2-1-3-6-18)27(38)34-24(14-19-8-10-21(36)11-9-19)28(39)35-12-4-7-25(35)29(40)41/h1-3,5-6,8-11,16-17,22-25,36H,4,7,12-15,30H2,(H,31,32)(H,33,37)(H,34,38)(H,40,41). The number of likely N-dealkylation sites (tertiary alicyclic amines) is 1. The van der Waals surface area contributed by atoms with Crippen LogP contribution in [0.5, 0.6) is 5.75 Å². The molecule has 0 saturated carbocycles. The minimum Gasteiger partial charge on any atom is -0.508 e. The molecule has 1 fully saturated rings. The van der Waals surface area contributed by atoms with Crippen molar-refractivity contribution in [2.45, 2.75) is 56.3 Å². The molecule has 1 aliphatic rings. The lowest BCUT2D eigenvalue weighted by molar-refractivity contribution is -0.149. The molecule has 7 N–H and O–H groups in total. The second kappa shape index (κ2) is 13.6. The maximum absolute atomic E-state index is 13.7. The fourth-order valence-corrected chi connectivity index (χ4v) is 4.89. The predicted molar refractivity (Wildman–Crippen MR) is 148 cm³/mol. The number of phenols is 1. The first-order valence-electron chi connectivity index (χ1n) is 13.4. The number of nitrogens with two attached hydrogens (primary N) is 1. The monoisotopic (exact) mass is 562 g/mol. The van der Waals surface area contributed by atoms with Gasteiger partial charge in [0.25, 0.3) is 0 Å². The summed E-state index contributed by atoms with van der Waals surface area (Å²) in [5, 5.41) is 24.8. The van der Waals surface area contributed by atoms with Crippen molar-refractivity contribution in [3.63, 3.8) is 0 Å². The Morgan fingerprint density at radius 1 is 0.951 bits per heavy atom. The van der Waals surface area contributed by atoms with Gasteiger partial charge in [0.2, 0.25) is 17.7 Å². The molecule has 2 heterocycles. The molecule has 0 spiro atoms. The molecule has 1 aromatic heterocycles. The third-order valence-corrected chi connectivity index (χ3v) is 7.06. The second-order valence-electron chi connectivity index (χ2n) is 10.1. The predicted octanol–water partition coefficient (Wildman–Crippen LogP) is 0.516. The summed E-state index contributed by atoms with van der Waals surface area (Å²) < 4.78 is 0. The summed E-state index contributed by atoms with van der Waals surface area (Å²) in [6, 6.07) is 11.1. The molecular weight excluding hydrogens is 528 g/mol. The normalized spacial score (nSPS) is 16.9. The minimum atomic E-state index is -1.11. The summed E-state index contributed by atoms with van der Waals surface area (Å²) in [5.74, 6) is -2.76. The fraction of sp³-hybridized carbons (Fsp3) is 0.345. The van der Waals surface area contributed by atoms with Gasteiger partial charge < -0.3 is 36.5 Å². The van der Waals surface area contributed by atoms with Crippen LogP contribution in [-0.2, 0) is 38.4 Å². The van der Waals surface area contributed by atoms with Crippen molar-refractivity contribution in [3.05, 3.63) is 83.9 Å². The van der Waals surface area contributed by atoms with Gasteiger partial charge in [-0.2, -0.15) is 0 Å². The van der Waals surface area contributed by atoms with Crippen molar-refractivity contribution in [1.82, 2.24) is 25.5 Å². The Morgan fingerprint density at radius 2 is 1.61 bits per heavy atom. The number of H-pyrrole nitrogens is 1. The largest absolute Gasteiger partial charge is 0.508 e. The highest BCUT2D eigenvalue weighted by molar-refractivity contribution is 5.94. The van der Waals surface area contributed by atoms with Gasteiger partial charge in [0.05, 0.1) is 12.4 Å². The first-order chi connectivity index (χ1) is 19.7. The maximum atomic E-state index is 13.7. The molecular formula is C29H34N6O6. The van der Waals surface area contributed by atoms with Crippen LogP contribution in [0.1, 0.15) is 29.7 Å². The number of phenolic OH excluding ortho intramolecular Hbond substituents is 1. The van der Waals surface area contributed by atoms with Crippen LogP contribution in [0.25, 0.3) is 0 Å². The van der Waals surface area contributed by atoms with E-state index in [1.54, 1.807) is 18.3 Å². The quantitative estimate of drug-likeness (QED) is 0.184. The van der Waals surface area contributed by atoms with Crippen LogP contribution in [-0.4, -0.2) is 79.5 Å². The van der Waals surface area contributed by atoms with Gasteiger partial charge in [-0.15, -0.1) is 0 Å². The van der Waals surface area contributed by atoms with E-state index in [2.05, 4.69) is 20.6 Å². The first kappa shape index (κ1) is 29.3. The minimum absolute atomic E-state index is 0.0447. The number of aromatic nitrogens is 2. The number of amides is 3. The lowest BCUT2D eigenvalue weighted by atomic mass is 10.0. The van der Waals surface area contributed by atoms with Crippen LogP contribution in [0.15, 0.2) is 67.1 Å². The summed E-state index contributed by atoms with van der Waals surface area (Å²) in [6.45, 7) is 0.254. The third kappa shape index (κ3) is 7.92. The summed E-state index contributed by atoms with van der Waals surface area (Å²) in [7, 11) is 0. The number of hydrogen-bond donors (Lipinski definition) is 6. The van der Waals surface area contributed by atoms with Crippen LogP contribution in [0.4, 0.5) is 0 Å². The van der Waals surface area contributed by atoms with Crippen molar-refractivity contribution in [2.24, 2.45) is 5.73 Å². The molecule has 4 rings (SSSR count). The van der Waals surface area contributed by atoms with E-state index in [0.29, 0.717) is 24.1 Å². The Hall–Kier alpha value is -4.71. The van der Waals surface area contributed by atoms with Crippen LogP contribution < -0.4 is 16.4 Å². The van der Waals surface area contributed by atoms with E-state index < -0.39 is 47.9 Å². The van der Waals surface area contributed by atoms with Crippen molar-refractivity contribution in [3.8, 4) is 5.75 Å². The van der Waals surface area contributed by atoms with Gasteiger partial charge in [0, 0.05) is 37.7 Å². The lowest BCUT2D eigenvalue weighted by Gasteiger charge is -2.29. The number of aromatic hydroxyl groups is 1. The number of rotatable bonds is 12.